The summed E-state index contributed by atoms with van der Waals surface area (Å²) in [5, 5.41) is 2.09. The van der Waals surface area contributed by atoms with E-state index in [1.54, 1.807) is 23.5 Å². The Bertz CT molecular complexity index is 931. The quantitative estimate of drug-likeness (QED) is 0.744. The fourth-order valence-electron chi connectivity index (χ4n) is 3.63. The van der Waals surface area contributed by atoms with E-state index in [2.05, 4.69) is 11.4 Å². The first-order valence-electron chi connectivity index (χ1n) is 9.54. The molecule has 3 heterocycles. The van der Waals surface area contributed by atoms with E-state index in [0.29, 0.717) is 50.6 Å². The topological polar surface area (TPSA) is 66.9 Å². The molecule has 1 aromatic heterocycles. The molecule has 0 radical (unpaired) electrons. The summed E-state index contributed by atoms with van der Waals surface area (Å²) < 4.78 is 32.0. The van der Waals surface area contributed by atoms with Crippen LogP contribution in [-0.4, -0.2) is 56.4 Å². The summed E-state index contributed by atoms with van der Waals surface area (Å²) in [7, 11) is -3.47. The highest BCUT2D eigenvalue weighted by atomic mass is 32.2. The van der Waals surface area contributed by atoms with Crippen molar-refractivity contribution in [1.29, 1.82) is 0 Å². The number of amides is 1. The SMILES string of the molecule is O=C(CCc1ccc(S(=O)(=O)N2CCOCC2)cc1)N1CCc2sccc2C1. The number of benzene rings is 1. The molecule has 0 bridgehead atoms. The minimum atomic E-state index is -3.47. The highest BCUT2D eigenvalue weighted by Crippen LogP contribution is 2.24. The zero-order valence-electron chi connectivity index (χ0n) is 15.7. The van der Waals surface area contributed by atoms with E-state index in [4.69, 9.17) is 4.74 Å². The van der Waals surface area contributed by atoms with Gasteiger partial charge in [-0.2, -0.15) is 4.31 Å². The lowest BCUT2D eigenvalue weighted by atomic mass is 10.1. The molecule has 0 atom stereocenters. The lowest BCUT2D eigenvalue weighted by molar-refractivity contribution is -0.132. The van der Waals surface area contributed by atoms with Gasteiger partial charge >= 0.3 is 0 Å². The van der Waals surface area contributed by atoms with Gasteiger partial charge in [0.05, 0.1) is 18.1 Å². The number of thiophene rings is 1. The predicted octanol–water partition coefficient (Wildman–Crippen LogP) is 2.29. The van der Waals surface area contributed by atoms with Gasteiger partial charge in [0.25, 0.3) is 0 Å². The largest absolute Gasteiger partial charge is 0.379 e. The third-order valence-corrected chi connectivity index (χ3v) is 8.25. The highest BCUT2D eigenvalue weighted by molar-refractivity contribution is 7.89. The number of morpholine rings is 1. The average molecular weight is 421 g/mol. The predicted molar refractivity (Wildman–Crippen MR) is 108 cm³/mol. The van der Waals surface area contributed by atoms with Gasteiger partial charge in [-0.15, -0.1) is 11.3 Å². The van der Waals surface area contributed by atoms with Gasteiger partial charge in [-0.1, -0.05) is 12.1 Å². The third kappa shape index (κ3) is 4.15. The van der Waals surface area contributed by atoms with Crippen molar-refractivity contribution in [1.82, 2.24) is 9.21 Å². The molecule has 0 saturated carbocycles. The summed E-state index contributed by atoms with van der Waals surface area (Å²) in [6.45, 7) is 3.13. The smallest absolute Gasteiger partial charge is 0.243 e. The Balaban J connectivity index is 1.34. The first-order chi connectivity index (χ1) is 13.5. The Morgan fingerprint density at radius 3 is 2.57 bits per heavy atom. The number of carbonyl (C=O) groups excluding carboxylic acids is 1. The van der Waals surface area contributed by atoms with Crippen molar-refractivity contribution in [3.05, 3.63) is 51.7 Å². The summed E-state index contributed by atoms with van der Waals surface area (Å²) in [4.78, 5) is 16.2. The van der Waals surface area contributed by atoms with E-state index in [-0.39, 0.29) is 5.91 Å². The van der Waals surface area contributed by atoms with Crippen molar-refractivity contribution in [2.45, 2.75) is 30.7 Å². The van der Waals surface area contributed by atoms with Crippen molar-refractivity contribution in [3.8, 4) is 0 Å². The molecule has 2 aromatic rings. The van der Waals surface area contributed by atoms with Crippen molar-refractivity contribution in [2.24, 2.45) is 0 Å². The third-order valence-electron chi connectivity index (χ3n) is 5.32. The summed E-state index contributed by atoms with van der Waals surface area (Å²) in [5.74, 6) is 0.155. The number of hydrogen-bond donors (Lipinski definition) is 0. The van der Waals surface area contributed by atoms with Crippen LogP contribution in [0.15, 0.2) is 40.6 Å². The Morgan fingerprint density at radius 1 is 1.07 bits per heavy atom. The van der Waals surface area contributed by atoms with Gasteiger partial charge in [-0.05, 0) is 47.5 Å². The molecule has 0 aliphatic carbocycles. The number of ether oxygens (including phenoxy) is 1. The minimum Gasteiger partial charge on any atom is -0.379 e. The number of nitrogens with zero attached hydrogens (tertiary/aromatic N) is 2. The normalized spacial score (nSPS) is 18.1. The molecule has 4 rings (SSSR count). The number of carbonyl (C=O) groups is 1. The van der Waals surface area contributed by atoms with Crippen LogP contribution in [0.1, 0.15) is 22.4 Å². The van der Waals surface area contributed by atoms with E-state index in [1.807, 2.05) is 17.0 Å². The first-order valence-corrected chi connectivity index (χ1v) is 11.9. The van der Waals surface area contributed by atoms with Crippen LogP contribution in [0.25, 0.3) is 0 Å². The lowest BCUT2D eigenvalue weighted by Gasteiger charge is -2.27. The molecule has 1 saturated heterocycles. The maximum atomic E-state index is 12.7. The van der Waals surface area contributed by atoms with Crippen molar-refractivity contribution in [3.63, 3.8) is 0 Å². The number of rotatable bonds is 5. The molecule has 8 heteroatoms. The highest BCUT2D eigenvalue weighted by Gasteiger charge is 2.26. The van der Waals surface area contributed by atoms with Gasteiger partial charge in [-0.25, -0.2) is 8.42 Å². The molecule has 2 aliphatic rings. The molecule has 1 fully saturated rings. The van der Waals surface area contributed by atoms with E-state index in [1.165, 1.54) is 14.7 Å². The number of hydrogen-bond acceptors (Lipinski definition) is 5. The summed E-state index contributed by atoms with van der Waals surface area (Å²) in [6, 6.07) is 9.01. The molecule has 2 aliphatic heterocycles. The average Bonchev–Trinajstić information content (AvgIpc) is 3.21. The number of aryl methyl sites for hydroxylation is 1. The van der Waals surface area contributed by atoms with Gasteiger partial charge in [-0.3, -0.25) is 4.79 Å². The number of fused-ring (bicyclic) bond motifs is 1. The van der Waals surface area contributed by atoms with Crippen LogP contribution in [0.3, 0.4) is 0 Å². The number of sulfonamides is 1. The van der Waals surface area contributed by atoms with Crippen LogP contribution in [0.5, 0.6) is 0 Å². The second kappa shape index (κ2) is 8.32. The fourth-order valence-corrected chi connectivity index (χ4v) is 5.93. The molecule has 150 valence electrons. The van der Waals surface area contributed by atoms with Crippen molar-refractivity contribution < 1.29 is 17.9 Å². The molecule has 1 amide bonds. The Kier molecular flexibility index (Phi) is 5.82. The lowest BCUT2D eigenvalue weighted by Crippen LogP contribution is -2.40. The van der Waals surface area contributed by atoms with E-state index in [0.717, 1.165) is 18.5 Å². The maximum absolute atomic E-state index is 12.7. The molecular formula is C20H24N2O4S2. The molecule has 28 heavy (non-hydrogen) atoms. The molecule has 0 unspecified atom stereocenters. The molecule has 1 aromatic carbocycles. The monoisotopic (exact) mass is 420 g/mol. The fraction of sp³-hybridized carbons (Fsp3) is 0.450. The van der Waals surface area contributed by atoms with Crippen molar-refractivity contribution in [2.75, 3.05) is 32.8 Å². The zero-order chi connectivity index (χ0) is 19.6. The second-order valence-corrected chi connectivity index (χ2v) is 10.0. The standard InChI is InChI=1S/C20H24N2O4S2/c23-20(21-9-7-19-17(15-21)8-14-27-19)6-3-16-1-4-18(5-2-16)28(24,25)22-10-12-26-13-11-22/h1-2,4-5,8,14H,3,6-7,9-13,15H2. The van der Waals surface area contributed by atoms with Crippen LogP contribution < -0.4 is 0 Å². The van der Waals surface area contributed by atoms with Crippen LogP contribution in [0, 0.1) is 0 Å². The van der Waals surface area contributed by atoms with E-state index in [9.17, 15) is 13.2 Å². The van der Waals surface area contributed by atoms with Gasteiger partial charge in [0.2, 0.25) is 15.9 Å². The Morgan fingerprint density at radius 2 is 1.82 bits per heavy atom. The first kappa shape index (κ1) is 19.6. The second-order valence-electron chi connectivity index (χ2n) is 7.09. The maximum Gasteiger partial charge on any atom is 0.243 e. The minimum absolute atomic E-state index is 0.155. The summed E-state index contributed by atoms with van der Waals surface area (Å²) >= 11 is 1.77. The van der Waals surface area contributed by atoms with Crippen LogP contribution in [0.2, 0.25) is 0 Å². The van der Waals surface area contributed by atoms with Crippen LogP contribution in [-0.2, 0) is 38.9 Å². The van der Waals surface area contributed by atoms with Gasteiger partial charge in [0.15, 0.2) is 0 Å². The molecule has 6 nitrogen and oxygen atoms in total. The van der Waals surface area contributed by atoms with Gasteiger partial charge < -0.3 is 9.64 Å². The van der Waals surface area contributed by atoms with Crippen LogP contribution in [0.4, 0.5) is 0 Å². The summed E-state index contributed by atoms with van der Waals surface area (Å²) in [6.07, 6.45) is 1.99. The van der Waals surface area contributed by atoms with Crippen LogP contribution >= 0.6 is 11.3 Å². The Hall–Kier alpha value is -1.74. The molecule has 0 N–H and O–H groups in total. The zero-order valence-corrected chi connectivity index (χ0v) is 17.3. The summed E-state index contributed by atoms with van der Waals surface area (Å²) in [5.41, 5.74) is 2.24. The van der Waals surface area contributed by atoms with E-state index >= 15 is 0 Å². The van der Waals surface area contributed by atoms with E-state index < -0.39 is 10.0 Å². The Labute approximate surface area is 169 Å². The molecular weight excluding hydrogens is 396 g/mol. The van der Waals surface area contributed by atoms with Crippen molar-refractivity contribution >= 4 is 27.3 Å². The van der Waals surface area contributed by atoms with Gasteiger partial charge in [0.1, 0.15) is 0 Å². The molecule has 0 spiro atoms. The van der Waals surface area contributed by atoms with Gasteiger partial charge in [0, 0.05) is 37.5 Å².